The molecule has 1 atom stereocenters. The molecule has 2 aromatic rings. The maximum absolute atomic E-state index is 12.6. The number of nitrogens with one attached hydrogen (secondary N) is 1. The minimum atomic E-state index is -1.01. The molecule has 0 radical (unpaired) electrons. The van der Waals surface area contributed by atoms with Crippen LogP contribution in [0.15, 0.2) is 30.5 Å². The summed E-state index contributed by atoms with van der Waals surface area (Å²) in [5.41, 5.74) is 6.26. The maximum Gasteiger partial charge on any atom is 0.329 e. The lowest BCUT2D eigenvalue weighted by Crippen LogP contribution is -2.50. The van der Waals surface area contributed by atoms with Gasteiger partial charge in [-0.15, -0.1) is 12.4 Å². The number of benzene rings is 1. The first kappa shape index (κ1) is 23.4. The Labute approximate surface area is 180 Å². The van der Waals surface area contributed by atoms with Crippen LogP contribution in [0.5, 0.6) is 0 Å². The monoisotopic (exact) mass is 436 g/mol. The Morgan fingerprint density at radius 1 is 1.30 bits per heavy atom. The summed E-state index contributed by atoms with van der Waals surface area (Å²) in [6.45, 7) is 2.24. The number of nitrogens with two attached hydrogens (primary N) is 1. The zero-order valence-corrected chi connectivity index (χ0v) is 17.4. The smallest absolute Gasteiger partial charge is 0.329 e. The lowest BCUT2D eigenvalue weighted by Gasteiger charge is -2.33. The molecule has 3 rings (SSSR count). The highest BCUT2D eigenvalue weighted by molar-refractivity contribution is 6.02. The van der Waals surface area contributed by atoms with Gasteiger partial charge in [0.15, 0.2) is 0 Å². The van der Waals surface area contributed by atoms with Gasteiger partial charge in [-0.1, -0.05) is 0 Å². The van der Waals surface area contributed by atoms with Gasteiger partial charge in [-0.05, 0) is 49.4 Å². The molecule has 1 saturated heterocycles. The molecule has 1 aliphatic rings. The van der Waals surface area contributed by atoms with Crippen molar-refractivity contribution >= 4 is 46.8 Å². The predicted molar refractivity (Wildman–Crippen MR) is 114 cm³/mol. The van der Waals surface area contributed by atoms with Gasteiger partial charge >= 0.3 is 5.97 Å². The minimum absolute atomic E-state index is 0. The van der Waals surface area contributed by atoms with Crippen molar-refractivity contribution in [2.75, 3.05) is 25.4 Å². The Hall–Kier alpha value is -2.91. The molecule has 1 aromatic heterocycles. The Kier molecular flexibility index (Phi) is 7.96. The van der Waals surface area contributed by atoms with Gasteiger partial charge < -0.3 is 25.8 Å². The fraction of sp³-hybridized carbons (Fsp3) is 0.400. The summed E-state index contributed by atoms with van der Waals surface area (Å²) < 4.78 is 5.28. The van der Waals surface area contributed by atoms with Gasteiger partial charge in [0.1, 0.15) is 18.5 Å². The number of anilines is 1. The van der Waals surface area contributed by atoms with Crippen LogP contribution in [0.4, 0.5) is 5.82 Å². The van der Waals surface area contributed by atoms with Crippen LogP contribution in [0.2, 0.25) is 0 Å². The number of hydrogen-bond donors (Lipinski definition) is 3. The van der Waals surface area contributed by atoms with Gasteiger partial charge in [0.25, 0.3) is 5.91 Å². The van der Waals surface area contributed by atoms with Crippen molar-refractivity contribution < 1.29 is 24.2 Å². The highest BCUT2D eigenvalue weighted by Gasteiger charge is 2.27. The van der Waals surface area contributed by atoms with Crippen LogP contribution < -0.4 is 11.1 Å². The number of carbonyl (C=O) groups is 3. The lowest BCUT2D eigenvalue weighted by molar-refractivity contribution is -0.147. The van der Waals surface area contributed by atoms with E-state index in [2.05, 4.69) is 10.3 Å². The number of rotatable bonds is 6. The van der Waals surface area contributed by atoms with Gasteiger partial charge in [-0.2, -0.15) is 0 Å². The van der Waals surface area contributed by atoms with E-state index >= 15 is 0 Å². The number of piperidine rings is 1. The number of pyridine rings is 1. The van der Waals surface area contributed by atoms with Gasteiger partial charge in [-0.25, -0.2) is 9.78 Å². The number of aromatic nitrogens is 1. The first-order valence-corrected chi connectivity index (χ1v) is 9.42. The van der Waals surface area contributed by atoms with E-state index in [1.54, 1.807) is 42.3 Å². The summed E-state index contributed by atoms with van der Waals surface area (Å²) in [6.07, 6.45) is 2.55. The second kappa shape index (κ2) is 10.2. The van der Waals surface area contributed by atoms with Crippen LogP contribution >= 0.6 is 12.4 Å². The molecule has 1 fully saturated rings. The number of ether oxygens (including phenoxy) is 1. The molecular formula is C20H25ClN4O5. The summed E-state index contributed by atoms with van der Waals surface area (Å²) in [5.74, 6) is -1.13. The number of likely N-dealkylation sites (tertiary alicyclic amines) is 1. The normalized spacial score (nSPS) is 15.3. The van der Waals surface area contributed by atoms with Crippen molar-refractivity contribution in [2.24, 2.45) is 0 Å². The summed E-state index contributed by atoms with van der Waals surface area (Å²) in [5, 5.41) is 13.0. The molecule has 0 bridgehead atoms. The number of aliphatic carboxylic acids is 1. The minimum Gasteiger partial charge on any atom is -0.480 e. The molecule has 30 heavy (non-hydrogen) atoms. The van der Waals surface area contributed by atoms with E-state index in [9.17, 15) is 14.4 Å². The lowest BCUT2D eigenvalue weighted by atomic mass is 10.1. The molecule has 1 aliphatic heterocycles. The fourth-order valence-electron chi connectivity index (χ4n) is 3.39. The SMILES string of the molecule is CC(NC(=O)c1ccc2c(N)nccc2c1)C(=O)N1CCC(OCC(=O)O)CC1.Cl. The number of halogens is 1. The highest BCUT2D eigenvalue weighted by atomic mass is 35.5. The van der Waals surface area contributed by atoms with Crippen LogP contribution in [-0.2, 0) is 14.3 Å². The second-order valence-electron chi connectivity index (χ2n) is 7.06. The van der Waals surface area contributed by atoms with Crippen molar-refractivity contribution in [1.82, 2.24) is 15.2 Å². The predicted octanol–water partition coefficient (Wildman–Crippen LogP) is 1.45. The van der Waals surface area contributed by atoms with E-state index in [1.807, 2.05) is 0 Å². The molecule has 0 saturated carbocycles. The van der Waals surface area contributed by atoms with Crippen molar-refractivity contribution in [1.29, 1.82) is 0 Å². The van der Waals surface area contributed by atoms with Crippen LogP contribution in [0.25, 0.3) is 10.8 Å². The Balaban J connectivity index is 0.00000320. The number of hydrogen-bond acceptors (Lipinski definition) is 6. The quantitative estimate of drug-likeness (QED) is 0.623. The van der Waals surface area contributed by atoms with E-state index in [0.717, 1.165) is 10.8 Å². The molecule has 10 heteroatoms. The highest BCUT2D eigenvalue weighted by Crippen LogP contribution is 2.20. The van der Waals surface area contributed by atoms with Crippen molar-refractivity contribution in [2.45, 2.75) is 31.9 Å². The summed E-state index contributed by atoms with van der Waals surface area (Å²) in [7, 11) is 0. The summed E-state index contributed by atoms with van der Waals surface area (Å²) in [4.78, 5) is 41.5. The van der Waals surface area contributed by atoms with Crippen molar-refractivity contribution in [3.05, 3.63) is 36.0 Å². The maximum atomic E-state index is 12.6. The number of carbonyl (C=O) groups excluding carboxylic acids is 2. The number of fused-ring (bicyclic) bond motifs is 1. The number of nitrogen functional groups attached to an aromatic ring is 1. The third-order valence-corrected chi connectivity index (χ3v) is 4.97. The van der Waals surface area contributed by atoms with Crippen LogP contribution in [0.1, 0.15) is 30.1 Å². The molecule has 0 spiro atoms. The first-order valence-electron chi connectivity index (χ1n) is 9.42. The van der Waals surface area contributed by atoms with Gasteiger partial charge in [0, 0.05) is 30.2 Å². The third kappa shape index (κ3) is 5.58. The Morgan fingerprint density at radius 2 is 2.00 bits per heavy atom. The molecule has 2 heterocycles. The largest absolute Gasteiger partial charge is 0.480 e. The van der Waals surface area contributed by atoms with Crippen LogP contribution in [-0.4, -0.2) is 64.6 Å². The van der Waals surface area contributed by atoms with E-state index < -0.39 is 12.0 Å². The number of carboxylic acid groups (broad SMARTS) is 1. The zero-order valence-electron chi connectivity index (χ0n) is 16.5. The van der Waals surface area contributed by atoms with Gasteiger partial charge in [-0.3, -0.25) is 9.59 Å². The second-order valence-corrected chi connectivity index (χ2v) is 7.06. The first-order chi connectivity index (χ1) is 13.8. The number of amides is 2. The van der Waals surface area contributed by atoms with E-state index in [0.29, 0.717) is 37.3 Å². The van der Waals surface area contributed by atoms with Crippen molar-refractivity contribution in [3.63, 3.8) is 0 Å². The summed E-state index contributed by atoms with van der Waals surface area (Å²) in [6, 6.07) is 6.19. The molecule has 1 aromatic carbocycles. The van der Waals surface area contributed by atoms with Crippen molar-refractivity contribution in [3.8, 4) is 0 Å². The average molecular weight is 437 g/mol. The van der Waals surface area contributed by atoms with Gasteiger partial charge in [0.05, 0.1) is 6.10 Å². The molecule has 4 N–H and O–H groups in total. The standard InChI is InChI=1S/C20H24N4O5.ClH/c1-12(20(28)24-8-5-15(6-9-24)29-11-17(25)26)23-19(27)14-2-3-16-13(10-14)4-7-22-18(16)21;/h2-4,7,10,12,15H,5-6,8-9,11H2,1H3,(H2,21,22)(H,23,27)(H,25,26);1H. The third-order valence-electron chi connectivity index (χ3n) is 4.97. The molecular weight excluding hydrogens is 412 g/mol. The Bertz CT molecular complexity index is 931. The van der Waals surface area contributed by atoms with Gasteiger partial charge in [0.2, 0.25) is 5.91 Å². The number of carboxylic acids is 1. The Morgan fingerprint density at radius 3 is 2.67 bits per heavy atom. The molecule has 162 valence electrons. The fourth-order valence-corrected chi connectivity index (χ4v) is 3.39. The molecule has 9 nitrogen and oxygen atoms in total. The van der Waals surface area contributed by atoms with E-state index in [-0.39, 0.29) is 36.9 Å². The van der Waals surface area contributed by atoms with Crippen LogP contribution in [0, 0.1) is 0 Å². The van der Waals surface area contributed by atoms with E-state index in [1.165, 1.54) is 0 Å². The zero-order chi connectivity index (χ0) is 21.0. The van der Waals surface area contributed by atoms with E-state index in [4.69, 9.17) is 15.6 Å². The van der Waals surface area contributed by atoms with Crippen LogP contribution in [0.3, 0.4) is 0 Å². The molecule has 0 aliphatic carbocycles. The molecule has 1 unspecified atom stereocenters. The molecule has 2 amide bonds. The number of nitrogens with zero attached hydrogens (tertiary/aromatic N) is 2. The topological polar surface area (TPSA) is 135 Å². The summed E-state index contributed by atoms with van der Waals surface area (Å²) >= 11 is 0. The average Bonchev–Trinajstić information content (AvgIpc) is 2.72.